The minimum atomic E-state index is -0.141. The first kappa shape index (κ1) is 32.8. The van der Waals surface area contributed by atoms with Crippen molar-refractivity contribution in [3.05, 3.63) is 71.3 Å². The molecule has 0 aromatic heterocycles. The van der Waals surface area contributed by atoms with Crippen molar-refractivity contribution in [2.24, 2.45) is 33.7 Å². The Labute approximate surface area is 275 Å². The van der Waals surface area contributed by atoms with Crippen LogP contribution in [0.5, 0.6) is 11.5 Å². The highest BCUT2D eigenvalue weighted by Crippen LogP contribution is 2.65. The van der Waals surface area contributed by atoms with Crippen LogP contribution in [0.2, 0.25) is 0 Å². The highest BCUT2D eigenvalue weighted by molar-refractivity contribution is 5.97. The summed E-state index contributed by atoms with van der Waals surface area (Å²) in [4.78, 5) is 13.2. The standard InChI is InChI=1S/C39H53N3O4/c1-6-31(25-7-12-29(45-4)13-8-25)37(26-9-14-30(46-5)15-10-26)40-24-36(44)42-41-28-19-21-38(2)27(23-28)11-16-32-33-17-18-35(43)39(33,3)22-20-34(32)38/h7-10,12-15,23,31-35,37,40,43H,6,11,16-22,24H2,1-5H3,(H,42,44)/t31?,32-,33-,34-,35-,37?,38-,39-/m0/s1. The van der Waals surface area contributed by atoms with E-state index in [1.807, 2.05) is 24.3 Å². The van der Waals surface area contributed by atoms with Gasteiger partial charge in [0.1, 0.15) is 11.5 Å². The molecule has 2 aromatic carbocycles. The second kappa shape index (κ2) is 13.5. The summed E-state index contributed by atoms with van der Waals surface area (Å²) in [5.41, 5.74) is 7.96. The van der Waals surface area contributed by atoms with Crippen molar-refractivity contribution in [1.29, 1.82) is 0 Å². The second-order valence-electron chi connectivity index (χ2n) is 14.7. The molecule has 0 heterocycles. The highest BCUT2D eigenvalue weighted by atomic mass is 16.5. The largest absolute Gasteiger partial charge is 0.497 e. The lowest BCUT2D eigenvalue weighted by Gasteiger charge is -2.57. The van der Waals surface area contributed by atoms with Crippen LogP contribution in [-0.4, -0.2) is 43.6 Å². The summed E-state index contributed by atoms with van der Waals surface area (Å²) < 4.78 is 10.8. The quantitative estimate of drug-likeness (QED) is 0.240. The van der Waals surface area contributed by atoms with Gasteiger partial charge in [-0.15, -0.1) is 0 Å². The number of hydrogen-bond donors (Lipinski definition) is 3. The third kappa shape index (κ3) is 6.13. The minimum absolute atomic E-state index is 0.0753. The van der Waals surface area contributed by atoms with Crippen molar-refractivity contribution in [2.75, 3.05) is 20.8 Å². The smallest absolute Gasteiger partial charge is 0.254 e. The van der Waals surface area contributed by atoms with Crippen LogP contribution >= 0.6 is 0 Å². The molecule has 2 aromatic rings. The first-order valence-corrected chi connectivity index (χ1v) is 17.5. The zero-order chi connectivity index (χ0) is 32.5. The molecule has 46 heavy (non-hydrogen) atoms. The van der Waals surface area contributed by atoms with Crippen molar-refractivity contribution < 1.29 is 19.4 Å². The van der Waals surface area contributed by atoms with Gasteiger partial charge < -0.3 is 19.9 Å². The molecule has 1 amide bonds. The fourth-order valence-electron chi connectivity index (χ4n) is 9.83. The van der Waals surface area contributed by atoms with Crippen LogP contribution in [-0.2, 0) is 4.79 Å². The van der Waals surface area contributed by atoms with Gasteiger partial charge in [-0.2, -0.15) is 5.10 Å². The van der Waals surface area contributed by atoms with Gasteiger partial charge in [-0.25, -0.2) is 5.43 Å². The predicted octanol–water partition coefficient (Wildman–Crippen LogP) is 7.32. The van der Waals surface area contributed by atoms with Crippen LogP contribution in [0.25, 0.3) is 0 Å². The Hall–Kier alpha value is -3.16. The third-order valence-electron chi connectivity index (χ3n) is 12.6. The molecule has 0 bridgehead atoms. The summed E-state index contributed by atoms with van der Waals surface area (Å²) in [5, 5.41) is 19.0. The van der Waals surface area contributed by atoms with Crippen LogP contribution in [0.4, 0.5) is 0 Å². The van der Waals surface area contributed by atoms with E-state index in [2.05, 4.69) is 67.0 Å². The molecule has 6 rings (SSSR count). The molecule has 0 radical (unpaired) electrons. The number of amides is 1. The van der Waals surface area contributed by atoms with E-state index in [0.29, 0.717) is 17.8 Å². The molecule has 0 aliphatic heterocycles. The van der Waals surface area contributed by atoms with Crippen LogP contribution in [0.15, 0.2) is 65.3 Å². The summed E-state index contributed by atoms with van der Waals surface area (Å²) in [6.07, 6.45) is 11.8. The van der Waals surface area contributed by atoms with Crippen LogP contribution in [0.1, 0.15) is 102 Å². The summed E-state index contributed by atoms with van der Waals surface area (Å²) in [5.74, 6) is 3.69. The molecule has 7 nitrogen and oxygen atoms in total. The molecule has 2 unspecified atom stereocenters. The molecular formula is C39H53N3O4. The molecule has 3 saturated carbocycles. The molecule has 7 heteroatoms. The first-order chi connectivity index (χ1) is 22.2. The summed E-state index contributed by atoms with van der Waals surface area (Å²) in [7, 11) is 3.35. The average Bonchev–Trinajstić information content (AvgIpc) is 3.39. The average molecular weight is 628 g/mol. The van der Waals surface area contributed by atoms with Crippen molar-refractivity contribution in [1.82, 2.24) is 10.7 Å². The van der Waals surface area contributed by atoms with Crippen molar-refractivity contribution >= 4 is 11.6 Å². The first-order valence-electron chi connectivity index (χ1n) is 17.5. The van der Waals surface area contributed by atoms with Gasteiger partial charge in [0.15, 0.2) is 0 Å². The molecule has 0 saturated heterocycles. The number of allylic oxidation sites excluding steroid dienone is 2. The molecule has 3 N–H and O–H groups in total. The molecule has 0 spiro atoms. The number of methoxy groups -OCH3 is 2. The Bertz CT molecular complexity index is 1440. The van der Waals surface area contributed by atoms with E-state index in [4.69, 9.17) is 9.47 Å². The normalized spacial score (nSPS) is 32.4. The van der Waals surface area contributed by atoms with Crippen molar-refractivity contribution in [2.45, 2.75) is 96.6 Å². The summed E-state index contributed by atoms with van der Waals surface area (Å²) in [6, 6.07) is 16.2. The van der Waals surface area contributed by atoms with E-state index in [0.717, 1.165) is 61.3 Å². The number of hydrogen-bond acceptors (Lipinski definition) is 6. The number of aliphatic hydroxyl groups is 1. The minimum Gasteiger partial charge on any atom is -0.497 e. The fourth-order valence-corrected chi connectivity index (χ4v) is 9.83. The van der Waals surface area contributed by atoms with Crippen molar-refractivity contribution in [3.63, 3.8) is 0 Å². The molecule has 3 fully saturated rings. The molecule has 8 atom stereocenters. The van der Waals surface area contributed by atoms with E-state index in [1.54, 1.807) is 14.2 Å². The number of carbonyl (C=O) groups is 1. The van der Waals surface area contributed by atoms with Crippen LogP contribution in [0, 0.1) is 28.6 Å². The number of hydrazone groups is 1. The maximum Gasteiger partial charge on any atom is 0.254 e. The Balaban J connectivity index is 1.12. The lowest BCUT2D eigenvalue weighted by atomic mass is 9.47. The van der Waals surface area contributed by atoms with E-state index in [-0.39, 0.29) is 41.3 Å². The number of carbonyl (C=O) groups excluding carboxylic acids is 1. The predicted molar refractivity (Wildman–Crippen MR) is 183 cm³/mol. The maximum atomic E-state index is 13.2. The third-order valence-corrected chi connectivity index (χ3v) is 12.6. The van der Waals surface area contributed by atoms with Gasteiger partial charge >= 0.3 is 0 Å². The summed E-state index contributed by atoms with van der Waals surface area (Å²) >= 11 is 0. The van der Waals surface area contributed by atoms with E-state index in [1.165, 1.54) is 30.4 Å². The Kier molecular flexibility index (Phi) is 9.63. The van der Waals surface area contributed by atoms with E-state index in [9.17, 15) is 9.90 Å². The van der Waals surface area contributed by atoms with Gasteiger partial charge in [-0.3, -0.25) is 4.79 Å². The molecule has 4 aliphatic rings. The van der Waals surface area contributed by atoms with Gasteiger partial charge in [0.05, 0.1) is 32.6 Å². The van der Waals surface area contributed by atoms with Crippen molar-refractivity contribution in [3.8, 4) is 11.5 Å². The summed E-state index contributed by atoms with van der Waals surface area (Å²) in [6.45, 7) is 7.17. The zero-order valence-corrected chi connectivity index (χ0v) is 28.4. The Morgan fingerprint density at radius 1 is 0.913 bits per heavy atom. The topological polar surface area (TPSA) is 92.2 Å². The highest BCUT2D eigenvalue weighted by Gasteiger charge is 2.58. The van der Waals surface area contributed by atoms with Crippen LogP contribution < -0.4 is 20.2 Å². The van der Waals surface area contributed by atoms with Gasteiger partial charge in [0.25, 0.3) is 5.91 Å². The number of aliphatic hydroxyl groups excluding tert-OH is 1. The number of rotatable bonds is 10. The van der Waals surface area contributed by atoms with Gasteiger partial charge in [0, 0.05) is 12.0 Å². The van der Waals surface area contributed by atoms with Gasteiger partial charge in [-0.1, -0.05) is 50.6 Å². The lowest BCUT2D eigenvalue weighted by Crippen LogP contribution is -2.51. The SMILES string of the molecule is CCC(c1ccc(OC)cc1)C(NCC(=O)NN=C1C=C2CC[C@H]3[C@@H]4CC[C@H](O)[C@@]4(C)CC[C@@H]3[C@@]2(C)CC1)c1ccc(OC)cc1. The Morgan fingerprint density at radius 2 is 1.59 bits per heavy atom. The zero-order valence-electron chi connectivity index (χ0n) is 28.4. The molecular weight excluding hydrogens is 574 g/mol. The monoisotopic (exact) mass is 627 g/mol. The number of benzene rings is 2. The van der Waals surface area contributed by atoms with Gasteiger partial charge in [-0.05, 0) is 128 Å². The molecule has 248 valence electrons. The number of nitrogens with zero attached hydrogens (tertiary/aromatic N) is 1. The van der Waals surface area contributed by atoms with Gasteiger partial charge in [0.2, 0.25) is 0 Å². The lowest BCUT2D eigenvalue weighted by molar-refractivity contribution is -0.120. The van der Waals surface area contributed by atoms with E-state index >= 15 is 0 Å². The molecule has 4 aliphatic carbocycles. The number of ether oxygens (including phenoxy) is 2. The second-order valence-corrected chi connectivity index (χ2v) is 14.7. The number of nitrogens with one attached hydrogen (secondary N) is 2. The van der Waals surface area contributed by atoms with E-state index < -0.39 is 0 Å². The maximum absolute atomic E-state index is 13.2. The number of fused-ring (bicyclic) bond motifs is 5. The Morgan fingerprint density at radius 3 is 2.24 bits per heavy atom. The van der Waals surface area contributed by atoms with Crippen LogP contribution in [0.3, 0.4) is 0 Å². The fraction of sp³-hybridized carbons (Fsp3) is 0.590.